The van der Waals surface area contributed by atoms with Crippen molar-refractivity contribution >= 4 is 0 Å². The van der Waals surface area contributed by atoms with E-state index in [1.54, 1.807) is 0 Å². The first kappa shape index (κ1) is 31.9. The van der Waals surface area contributed by atoms with Gasteiger partial charge in [0.1, 0.15) is 6.10 Å². The summed E-state index contributed by atoms with van der Waals surface area (Å²) in [5.41, 5.74) is 0. The summed E-state index contributed by atoms with van der Waals surface area (Å²) in [6.45, 7) is 3.05. The first-order valence-corrected chi connectivity index (χ1v) is 14.7. The zero-order chi connectivity index (χ0) is 23.4. The molecule has 0 unspecified atom stereocenters. The lowest BCUT2D eigenvalue weighted by molar-refractivity contribution is 0.00526. The van der Waals surface area contributed by atoms with Crippen LogP contribution in [-0.2, 0) is 4.74 Å². The lowest BCUT2D eigenvalue weighted by atomic mass is 10.0. The summed E-state index contributed by atoms with van der Waals surface area (Å²) in [5.74, 6) is 0. The Morgan fingerprint density at radius 1 is 0.469 bits per heavy atom. The third-order valence-corrected chi connectivity index (χ3v) is 6.66. The van der Waals surface area contributed by atoms with E-state index in [0.717, 1.165) is 6.42 Å². The molecule has 0 bridgehead atoms. The van der Waals surface area contributed by atoms with E-state index in [9.17, 15) is 5.11 Å². The van der Waals surface area contributed by atoms with E-state index in [1.807, 2.05) is 0 Å². The predicted molar refractivity (Wildman–Crippen MR) is 140 cm³/mol. The molecule has 0 heterocycles. The number of ether oxygens (including phenoxy) is 1. The second kappa shape index (κ2) is 28.9. The van der Waals surface area contributed by atoms with Gasteiger partial charge in [0.05, 0.1) is 13.2 Å². The average Bonchev–Trinajstić information content (AvgIpc) is 2.81. The summed E-state index contributed by atoms with van der Waals surface area (Å²) >= 11 is 0. The van der Waals surface area contributed by atoms with Gasteiger partial charge in [-0.1, -0.05) is 155 Å². The molecule has 0 fully saturated rings. The number of hydrogen-bond acceptors (Lipinski definition) is 3. The van der Waals surface area contributed by atoms with Crippen molar-refractivity contribution in [2.75, 3.05) is 19.8 Å². The smallest absolute Gasteiger partial charge is 0.100 e. The molecule has 0 spiro atoms. The van der Waals surface area contributed by atoms with Crippen LogP contribution in [-0.4, -0.2) is 36.1 Å². The highest BCUT2D eigenvalue weighted by Gasteiger charge is 2.00. The molecule has 0 aliphatic rings. The molecule has 0 aromatic heterocycles. The molecule has 3 heteroatoms. The van der Waals surface area contributed by atoms with Crippen molar-refractivity contribution in [3.05, 3.63) is 0 Å². The minimum Gasteiger partial charge on any atom is -0.394 e. The Morgan fingerprint density at radius 3 is 1.03 bits per heavy atom. The largest absolute Gasteiger partial charge is 0.394 e. The molecular weight excluding hydrogens is 396 g/mol. The monoisotopic (exact) mass is 456 g/mol. The fourth-order valence-corrected chi connectivity index (χ4v) is 4.44. The molecule has 0 amide bonds. The fourth-order valence-electron chi connectivity index (χ4n) is 4.44. The van der Waals surface area contributed by atoms with Crippen LogP contribution in [0.15, 0.2) is 0 Å². The maximum Gasteiger partial charge on any atom is 0.100 e. The summed E-state index contributed by atoms with van der Waals surface area (Å²) in [4.78, 5) is 0. The number of aliphatic hydroxyl groups is 2. The molecule has 0 aromatic rings. The van der Waals surface area contributed by atoms with E-state index < -0.39 is 6.10 Å². The molecule has 0 aliphatic carbocycles. The Labute approximate surface area is 202 Å². The Kier molecular flexibility index (Phi) is 28.8. The van der Waals surface area contributed by atoms with Gasteiger partial charge in [0.2, 0.25) is 0 Å². The van der Waals surface area contributed by atoms with Crippen molar-refractivity contribution in [2.45, 2.75) is 167 Å². The first-order chi connectivity index (χ1) is 15.8. The molecule has 194 valence electrons. The van der Waals surface area contributed by atoms with Crippen LogP contribution >= 0.6 is 0 Å². The predicted octanol–water partition coefficient (Wildman–Crippen LogP) is 8.74. The van der Waals surface area contributed by atoms with E-state index in [-0.39, 0.29) is 13.2 Å². The SMILES string of the molecule is CCCCCCCCCCCCCCCCCCCCCCCCCCOC[C@@H](O)CO. The van der Waals surface area contributed by atoms with E-state index in [4.69, 9.17) is 9.84 Å². The van der Waals surface area contributed by atoms with E-state index in [1.165, 1.54) is 148 Å². The van der Waals surface area contributed by atoms with Gasteiger partial charge in [-0.25, -0.2) is 0 Å². The normalized spacial score (nSPS) is 12.5. The Bertz CT molecular complexity index is 322. The molecule has 0 saturated heterocycles. The minimum absolute atomic E-state index is 0.209. The van der Waals surface area contributed by atoms with Crippen molar-refractivity contribution in [2.24, 2.45) is 0 Å². The molecule has 1 atom stereocenters. The number of aliphatic hydroxyl groups excluding tert-OH is 2. The summed E-state index contributed by atoms with van der Waals surface area (Å²) in [5, 5.41) is 17.9. The van der Waals surface area contributed by atoms with Crippen molar-refractivity contribution in [3.63, 3.8) is 0 Å². The first-order valence-electron chi connectivity index (χ1n) is 14.7. The number of rotatable bonds is 28. The van der Waals surface area contributed by atoms with Gasteiger partial charge in [0.15, 0.2) is 0 Å². The molecule has 0 aliphatic heterocycles. The topological polar surface area (TPSA) is 49.7 Å². The molecule has 0 rings (SSSR count). The molecule has 2 N–H and O–H groups in total. The highest BCUT2D eigenvalue weighted by molar-refractivity contribution is 4.52. The van der Waals surface area contributed by atoms with Crippen LogP contribution in [0.3, 0.4) is 0 Å². The second-order valence-electron chi connectivity index (χ2n) is 10.0. The van der Waals surface area contributed by atoms with E-state index >= 15 is 0 Å². The standard InChI is InChI=1S/C29H60O3/c1-2-3-4-5-6-7-8-9-10-11-12-13-14-15-16-17-18-19-20-21-22-23-24-25-26-32-28-29(31)27-30/h29-31H,2-28H2,1H3/t29-/m0/s1. The van der Waals surface area contributed by atoms with Crippen LogP contribution in [0.25, 0.3) is 0 Å². The van der Waals surface area contributed by atoms with Crippen LogP contribution in [0, 0.1) is 0 Å². The van der Waals surface area contributed by atoms with Gasteiger partial charge < -0.3 is 14.9 Å². The van der Waals surface area contributed by atoms with Crippen LogP contribution in [0.5, 0.6) is 0 Å². The Morgan fingerprint density at radius 2 is 0.750 bits per heavy atom. The van der Waals surface area contributed by atoms with Gasteiger partial charge in [-0.15, -0.1) is 0 Å². The average molecular weight is 457 g/mol. The Hall–Kier alpha value is -0.120. The van der Waals surface area contributed by atoms with Gasteiger partial charge >= 0.3 is 0 Å². The zero-order valence-corrected chi connectivity index (χ0v) is 22.0. The molecule has 0 radical (unpaired) electrons. The van der Waals surface area contributed by atoms with Crippen molar-refractivity contribution in [1.29, 1.82) is 0 Å². The van der Waals surface area contributed by atoms with E-state index in [2.05, 4.69) is 6.92 Å². The maximum atomic E-state index is 9.17. The molecule has 3 nitrogen and oxygen atoms in total. The molecule has 32 heavy (non-hydrogen) atoms. The van der Waals surface area contributed by atoms with Crippen LogP contribution in [0.1, 0.15) is 161 Å². The summed E-state index contributed by atoms with van der Waals surface area (Å²) in [6, 6.07) is 0. The van der Waals surface area contributed by atoms with Crippen LogP contribution < -0.4 is 0 Å². The van der Waals surface area contributed by atoms with Gasteiger partial charge in [-0.3, -0.25) is 0 Å². The summed E-state index contributed by atoms with van der Waals surface area (Å²) < 4.78 is 5.33. The van der Waals surface area contributed by atoms with Crippen molar-refractivity contribution in [1.82, 2.24) is 0 Å². The maximum absolute atomic E-state index is 9.17. The third-order valence-electron chi connectivity index (χ3n) is 6.66. The highest BCUT2D eigenvalue weighted by atomic mass is 16.5. The van der Waals surface area contributed by atoms with Gasteiger partial charge in [0.25, 0.3) is 0 Å². The third kappa shape index (κ3) is 27.9. The summed E-state index contributed by atoms with van der Waals surface area (Å²) in [6.07, 6.45) is 33.1. The Balaban J connectivity index is 3.01. The number of unbranched alkanes of at least 4 members (excludes halogenated alkanes) is 23. The van der Waals surface area contributed by atoms with Gasteiger partial charge in [-0.05, 0) is 6.42 Å². The number of hydrogen-bond donors (Lipinski definition) is 2. The molecule has 0 aromatic carbocycles. The van der Waals surface area contributed by atoms with Crippen molar-refractivity contribution in [3.8, 4) is 0 Å². The quantitative estimate of drug-likeness (QED) is 0.116. The van der Waals surface area contributed by atoms with Gasteiger partial charge in [-0.2, -0.15) is 0 Å². The fraction of sp³-hybridized carbons (Fsp3) is 1.00. The molecular formula is C29H60O3. The second-order valence-corrected chi connectivity index (χ2v) is 10.0. The summed E-state index contributed by atoms with van der Waals surface area (Å²) in [7, 11) is 0. The lowest BCUT2D eigenvalue weighted by Crippen LogP contribution is -2.19. The molecule has 0 saturated carbocycles. The lowest BCUT2D eigenvalue weighted by Gasteiger charge is -2.08. The van der Waals surface area contributed by atoms with Gasteiger partial charge in [0, 0.05) is 6.61 Å². The zero-order valence-electron chi connectivity index (χ0n) is 22.0. The van der Waals surface area contributed by atoms with Crippen molar-refractivity contribution < 1.29 is 14.9 Å². The minimum atomic E-state index is -0.718. The van der Waals surface area contributed by atoms with Crippen LogP contribution in [0.4, 0.5) is 0 Å². The highest BCUT2D eigenvalue weighted by Crippen LogP contribution is 2.15. The van der Waals surface area contributed by atoms with E-state index in [0.29, 0.717) is 6.61 Å². The van der Waals surface area contributed by atoms with Crippen LogP contribution in [0.2, 0.25) is 0 Å².